The Balaban J connectivity index is 0.00000240. The van der Waals surface area contributed by atoms with Crippen molar-refractivity contribution in [3.05, 3.63) is 24.3 Å². The number of aliphatic hydroxyl groups is 3. The summed E-state index contributed by atoms with van der Waals surface area (Å²) >= 11 is 0. The molecule has 1 aliphatic heterocycles. The first kappa shape index (κ1) is 29.1. The summed E-state index contributed by atoms with van der Waals surface area (Å²) in [7, 11) is -5.25. The smallest absolute Gasteiger partial charge is 0.790 e. The Bertz CT molecular complexity index is 941. The van der Waals surface area contributed by atoms with E-state index in [-0.39, 0.29) is 65.7 Å². The fourth-order valence-corrected chi connectivity index (χ4v) is 3.14. The van der Waals surface area contributed by atoms with Crippen molar-refractivity contribution < 1.29 is 98.0 Å². The van der Waals surface area contributed by atoms with E-state index in [0.717, 1.165) is 5.57 Å². The molecule has 0 aromatic carbocycles. The summed E-state index contributed by atoms with van der Waals surface area (Å²) in [4.78, 5) is 33.7. The van der Waals surface area contributed by atoms with Gasteiger partial charge in [-0.05, 0) is 6.92 Å². The number of aromatic nitrogens is 4. The van der Waals surface area contributed by atoms with E-state index >= 15 is 0 Å². The molecule has 4 N–H and O–H groups in total. The van der Waals surface area contributed by atoms with Gasteiger partial charge in [-0.15, -0.1) is 0 Å². The Kier molecular flexibility index (Phi) is 11.7. The zero-order valence-corrected chi connectivity index (χ0v) is 22.2. The van der Waals surface area contributed by atoms with Crippen LogP contribution in [0.15, 0.2) is 24.3 Å². The van der Waals surface area contributed by atoms with Gasteiger partial charge in [0.1, 0.15) is 24.6 Å². The normalized spacial score (nSPS) is 24.0. The summed E-state index contributed by atoms with van der Waals surface area (Å²) in [5.41, 5.74) is 1.44. The molecule has 3 heterocycles. The third kappa shape index (κ3) is 7.26. The molecule has 0 radical (unpaired) electrons. The van der Waals surface area contributed by atoms with E-state index in [4.69, 9.17) is 9.84 Å². The predicted octanol–water partition coefficient (Wildman–Crippen LogP) is -8.35. The monoisotopic (exact) mass is 475 g/mol. The molecule has 160 valence electrons. The van der Waals surface area contributed by atoms with Crippen LogP contribution in [-0.4, -0.2) is 72.9 Å². The van der Waals surface area contributed by atoms with Crippen LogP contribution in [0.3, 0.4) is 0 Å². The van der Waals surface area contributed by atoms with Gasteiger partial charge in [-0.1, -0.05) is 11.6 Å². The Morgan fingerprint density at radius 1 is 1.32 bits per heavy atom. The van der Waals surface area contributed by atoms with Gasteiger partial charge >= 0.3 is 59.1 Å². The number of imidazole rings is 1. The molecule has 0 saturated carbocycles. The average Bonchev–Trinajstić information content (AvgIpc) is 3.22. The summed E-state index contributed by atoms with van der Waals surface area (Å²) in [5, 5.41) is 32.4. The molecule has 2 aromatic heterocycles. The summed E-state index contributed by atoms with van der Waals surface area (Å²) in [5.74, 6) is 0.405. The number of ether oxygens (including phenoxy) is 1. The second-order valence-corrected chi connectivity index (χ2v) is 7.58. The van der Waals surface area contributed by atoms with Crippen LogP contribution in [0.1, 0.15) is 13.2 Å². The van der Waals surface area contributed by atoms with Crippen molar-refractivity contribution in [2.24, 2.45) is 0 Å². The van der Waals surface area contributed by atoms with E-state index in [1.54, 1.807) is 13.0 Å². The largest absolute Gasteiger partial charge is 1.00 e. The summed E-state index contributed by atoms with van der Waals surface area (Å²) in [6, 6.07) is 0. The van der Waals surface area contributed by atoms with Gasteiger partial charge < -0.3 is 44.2 Å². The standard InChI is InChI=1S/C15H22N5O8P.2Na/c1-8(4-21)2-3-16-13-10-14(18-6-17-13)20(7-19-10)15-12(23)11(22)9(28-15)5-27-29(24,25)26;;/h2,6-7,9,11-12,15,21-23H,3-5H2,1H3,(H,16,17,18)(H2,24,25,26);;/q;2*+1/p-2/b8-2+;;/t9-,11-,12-,15-;;/m1../s1. The Labute approximate surface area is 221 Å². The number of nitrogens with one attached hydrogen (secondary N) is 1. The molecule has 16 heteroatoms. The number of nitrogens with zero attached hydrogens (tertiary/aromatic N) is 4. The van der Waals surface area contributed by atoms with E-state index in [1.807, 2.05) is 0 Å². The number of phosphoric acid groups is 1. The quantitative estimate of drug-likeness (QED) is 0.160. The molecule has 1 saturated heterocycles. The van der Waals surface area contributed by atoms with Crippen molar-refractivity contribution in [2.75, 3.05) is 25.1 Å². The van der Waals surface area contributed by atoms with Crippen molar-refractivity contribution in [2.45, 2.75) is 31.5 Å². The van der Waals surface area contributed by atoms with Gasteiger partial charge in [0.15, 0.2) is 23.2 Å². The van der Waals surface area contributed by atoms with Crippen molar-refractivity contribution >= 4 is 24.8 Å². The van der Waals surface area contributed by atoms with E-state index < -0.39 is 39.0 Å². The number of aliphatic hydroxyl groups excluding tert-OH is 3. The number of fused-ring (bicyclic) bond motifs is 1. The van der Waals surface area contributed by atoms with E-state index in [2.05, 4.69) is 24.8 Å². The minimum atomic E-state index is -5.25. The molecular formula is C15H20N5Na2O8P. The minimum Gasteiger partial charge on any atom is -0.790 e. The Hall–Kier alpha value is 0.0400. The van der Waals surface area contributed by atoms with Crippen molar-refractivity contribution in [1.29, 1.82) is 0 Å². The molecule has 1 fully saturated rings. The number of hydrogen-bond donors (Lipinski definition) is 4. The summed E-state index contributed by atoms with van der Waals surface area (Å²) in [6.07, 6.45) is -0.935. The van der Waals surface area contributed by atoms with Crippen LogP contribution < -0.4 is 74.2 Å². The molecule has 0 spiro atoms. The van der Waals surface area contributed by atoms with Gasteiger partial charge in [0, 0.05) is 6.54 Å². The van der Waals surface area contributed by atoms with Gasteiger partial charge in [0.2, 0.25) is 0 Å². The van der Waals surface area contributed by atoms with Crippen molar-refractivity contribution in [1.82, 2.24) is 19.5 Å². The molecule has 31 heavy (non-hydrogen) atoms. The first-order valence-corrected chi connectivity index (χ1v) is 10.0. The number of hydrogen-bond acceptors (Lipinski definition) is 12. The van der Waals surface area contributed by atoms with E-state index in [9.17, 15) is 24.6 Å². The van der Waals surface area contributed by atoms with Gasteiger partial charge in [0.25, 0.3) is 0 Å². The maximum atomic E-state index is 10.6. The van der Waals surface area contributed by atoms with Crippen LogP contribution in [0, 0.1) is 0 Å². The fourth-order valence-electron chi connectivity index (χ4n) is 2.82. The topological polar surface area (TPSA) is 198 Å². The third-order valence-electron chi connectivity index (χ3n) is 4.34. The van der Waals surface area contributed by atoms with Crippen LogP contribution in [0.4, 0.5) is 5.82 Å². The zero-order valence-electron chi connectivity index (χ0n) is 17.3. The number of anilines is 1. The molecule has 4 atom stereocenters. The molecule has 0 aliphatic carbocycles. The van der Waals surface area contributed by atoms with Crippen LogP contribution in [0.2, 0.25) is 0 Å². The molecule has 0 unspecified atom stereocenters. The maximum absolute atomic E-state index is 10.6. The third-order valence-corrected chi connectivity index (χ3v) is 4.80. The average molecular weight is 475 g/mol. The molecule has 0 amide bonds. The van der Waals surface area contributed by atoms with Gasteiger partial charge in [-0.2, -0.15) is 0 Å². The number of rotatable bonds is 8. The fraction of sp³-hybridized carbons (Fsp3) is 0.533. The molecule has 1 aliphatic rings. The first-order chi connectivity index (χ1) is 13.7. The molecule has 0 bridgehead atoms. The maximum Gasteiger partial charge on any atom is 1.00 e. The van der Waals surface area contributed by atoms with Crippen molar-refractivity contribution in [3.63, 3.8) is 0 Å². The summed E-state index contributed by atoms with van der Waals surface area (Å²) < 4.78 is 21.6. The predicted molar refractivity (Wildman–Crippen MR) is 94.1 cm³/mol. The zero-order chi connectivity index (χ0) is 21.2. The Morgan fingerprint density at radius 2 is 2.03 bits per heavy atom. The van der Waals surface area contributed by atoms with Crippen LogP contribution >= 0.6 is 7.82 Å². The molecule has 3 rings (SSSR count). The van der Waals surface area contributed by atoms with Crippen LogP contribution in [-0.2, 0) is 13.8 Å². The van der Waals surface area contributed by atoms with Gasteiger partial charge in [-0.3, -0.25) is 4.57 Å². The van der Waals surface area contributed by atoms with E-state index in [0.29, 0.717) is 23.5 Å². The molecule has 13 nitrogen and oxygen atoms in total. The molecular weight excluding hydrogens is 455 g/mol. The molecule has 2 aromatic rings. The van der Waals surface area contributed by atoms with Crippen LogP contribution in [0.5, 0.6) is 0 Å². The first-order valence-electron chi connectivity index (χ1n) is 8.57. The second-order valence-electron chi connectivity index (χ2n) is 6.43. The van der Waals surface area contributed by atoms with Gasteiger partial charge in [0.05, 0.1) is 27.4 Å². The minimum absolute atomic E-state index is 0. The second kappa shape index (κ2) is 12.5. The van der Waals surface area contributed by atoms with Crippen LogP contribution in [0.25, 0.3) is 11.2 Å². The summed E-state index contributed by atoms with van der Waals surface area (Å²) in [6.45, 7) is 1.36. The van der Waals surface area contributed by atoms with Gasteiger partial charge in [-0.25, -0.2) is 15.0 Å². The Morgan fingerprint density at radius 3 is 2.68 bits per heavy atom. The SMILES string of the molecule is C/C(=C\CNc1ncnc2c1ncn2[C@@H]1O[C@H](COP(=O)([O-])[O-])[C@@H](O)[C@H]1O)CO.[Na+].[Na+]. The van der Waals surface area contributed by atoms with E-state index in [1.165, 1.54) is 17.2 Å². The van der Waals surface area contributed by atoms with Crippen molar-refractivity contribution in [3.8, 4) is 0 Å². The number of phosphoric ester groups is 1.